The lowest BCUT2D eigenvalue weighted by molar-refractivity contribution is 0.0998. The van der Waals surface area contributed by atoms with Gasteiger partial charge in [0.25, 0.3) is 5.91 Å². The van der Waals surface area contributed by atoms with Gasteiger partial charge < -0.3 is 4.57 Å². The zero-order chi connectivity index (χ0) is 20.6. The first-order chi connectivity index (χ1) is 13.9. The van der Waals surface area contributed by atoms with Crippen LogP contribution in [0, 0.1) is 12.3 Å². The molecule has 0 aliphatic carbocycles. The molecule has 0 atom stereocenters. The predicted molar refractivity (Wildman–Crippen MR) is 109 cm³/mol. The van der Waals surface area contributed by atoms with Gasteiger partial charge in [0.15, 0.2) is 4.80 Å². The van der Waals surface area contributed by atoms with Gasteiger partial charge in [0.05, 0.1) is 32.7 Å². The van der Waals surface area contributed by atoms with Crippen LogP contribution in [-0.4, -0.2) is 28.9 Å². The van der Waals surface area contributed by atoms with Crippen LogP contribution in [0.1, 0.15) is 10.4 Å². The topological polar surface area (TPSA) is 120 Å². The van der Waals surface area contributed by atoms with E-state index in [1.165, 1.54) is 12.1 Å². The van der Waals surface area contributed by atoms with E-state index in [2.05, 4.69) is 20.9 Å². The highest BCUT2D eigenvalue weighted by atomic mass is 32.2. The number of sulfonamides is 1. The van der Waals surface area contributed by atoms with Crippen LogP contribution in [0.15, 0.2) is 58.7 Å². The molecule has 2 N–H and O–H groups in total. The molecule has 2 aromatic carbocycles. The minimum absolute atomic E-state index is 0.0231. The van der Waals surface area contributed by atoms with Gasteiger partial charge in [-0.05, 0) is 36.4 Å². The molecule has 8 nitrogen and oxygen atoms in total. The van der Waals surface area contributed by atoms with E-state index in [-0.39, 0.29) is 11.4 Å². The monoisotopic (exact) mass is 423 g/mol. The fraction of sp³-hybridized carbons (Fsp3) is 0.0526. The zero-order valence-corrected chi connectivity index (χ0v) is 16.4. The number of hydrogen-bond donors (Lipinski definition) is 1. The van der Waals surface area contributed by atoms with E-state index < -0.39 is 15.9 Å². The second-order valence-corrected chi connectivity index (χ2v) is 8.60. The van der Waals surface area contributed by atoms with E-state index in [9.17, 15) is 13.2 Å². The minimum Gasteiger partial charge on any atom is -0.305 e. The standard InChI is InChI=1S/C19H13N5O3S2/c1-2-9-24-16-6-4-13(29(20,26)27)11-17(16)28-19(24)23-18(25)12-3-5-14-15(10-12)22-8-7-21-14/h1,3-8,10-11H,9H2,(H2,20,26,27). The molecular weight excluding hydrogens is 410 g/mol. The maximum atomic E-state index is 12.7. The Kier molecular flexibility index (Phi) is 4.71. The number of nitrogens with zero attached hydrogens (tertiary/aromatic N) is 4. The largest absolute Gasteiger partial charge is 0.305 e. The van der Waals surface area contributed by atoms with Gasteiger partial charge in [0.1, 0.15) is 0 Å². The lowest BCUT2D eigenvalue weighted by Crippen LogP contribution is -2.16. The number of fused-ring (bicyclic) bond motifs is 2. The maximum absolute atomic E-state index is 12.7. The van der Waals surface area contributed by atoms with Crippen molar-refractivity contribution in [1.82, 2.24) is 14.5 Å². The third-order valence-electron chi connectivity index (χ3n) is 4.15. The average Bonchev–Trinajstić information content (AvgIpc) is 3.03. The molecule has 4 aromatic rings. The van der Waals surface area contributed by atoms with Crippen LogP contribution in [0.5, 0.6) is 0 Å². The second-order valence-electron chi connectivity index (χ2n) is 6.03. The van der Waals surface area contributed by atoms with Crippen LogP contribution >= 0.6 is 11.3 Å². The number of carbonyl (C=O) groups is 1. The van der Waals surface area contributed by atoms with E-state index in [4.69, 9.17) is 11.6 Å². The quantitative estimate of drug-likeness (QED) is 0.503. The number of hydrogen-bond acceptors (Lipinski definition) is 6. The van der Waals surface area contributed by atoms with Crippen molar-refractivity contribution in [3.05, 3.63) is 59.2 Å². The highest BCUT2D eigenvalue weighted by Crippen LogP contribution is 2.21. The summed E-state index contributed by atoms with van der Waals surface area (Å²) < 4.78 is 25.5. The van der Waals surface area contributed by atoms with Gasteiger partial charge in [-0.3, -0.25) is 14.8 Å². The molecule has 4 rings (SSSR count). The minimum atomic E-state index is -3.85. The molecule has 144 valence electrons. The summed E-state index contributed by atoms with van der Waals surface area (Å²) in [4.78, 5) is 25.6. The number of nitrogens with two attached hydrogens (primary N) is 1. The Morgan fingerprint density at radius 3 is 2.66 bits per heavy atom. The van der Waals surface area contributed by atoms with Crippen LogP contribution < -0.4 is 9.94 Å². The van der Waals surface area contributed by atoms with E-state index in [1.54, 1.807) is 41.2 Å². The van der Waals surface area contributed by atoms with Gasteiger partial charge in [0.2, 0.25) is 10.0 Å². The van der Waals surface area contributed by atoms with Crippen molar-refractivity contribution in [3.8, 4) is 12.3 Å². The molecular formula is C19H13N5O3S2. The highest BCUT2D eigenvalue weighted by molar-refractivity contribution is 7.89. The van der Waals surface area contributed by atoms with Crippen LogP contribution in [0.3, 0.4) is 0 Å². The van der Waals surface area contributed by atoms with E-state index >= 15 is 0 Å². The molecule has 2 aromatic heterocycles. The molecule has 0 bridgehead atoms. The second kappa shape index (κ2) is 7.21. The maximum Gasteiger partial charge on any atom is 0.279 e. The molecule has 0 spiro atoms. The number of aromatic nitrogens is 3. The molecule has 0 saturated carbocycles. The van der Waals surface area contributed by atoms with Gasteiger partial charge in [-0.2, -0.15) is 4.99 Å². The number of thiazole rings is 1. The van der Waals surface area contributed by atoms with Crippen molar-refractivity contribution in [2.24, 2.45) is 10.1 Å². The number of primary sulfonamides is 1. The molecule has 0 fully saturated rings. The molecule has 0 radical (unpaired) electrons. The summed E-state index contributed by atoms with van der Waals surface area (Å²) in [6.07, 6.45) is 8.58. The third kappa shape index (κ3) is 3.66. The lowest BCUT2D eigenvalue weighted by atomic mass is 10.2. The van der Waals surface area contributed by atoms with Gasteiger partial charge in [-0.15, -0.1) is 6.42 Å². The van der Waals surface area contributed by atoms with Crippen molar-refractivity contribution < 1.29 is 13.2 Å². The molecule has 2 heterocycles. The van der Waals surface area contributed by atoms with Crippen LogP contribution in [0.25, 0.3) is 21.3 Å². The van der Waals surface area contributed by atoms with Crippen molar-refractivity contribution in [1.29, 1.82) is 0 Å². The average molecular weight is 423 g/mol. The van der Waals surface area contributed by atoms with E-state index in [0.29, 0.717) is 31.6 Å². The summed E-state index contributed by atoms with van der Waals surface area (Å²) >= 11 is 1.15. The fourth-order valence-corrected chi connectivity index (χ4v) is 4.49. The van der Waals surface area contributed by atoms with E-state index in [0.717, 1.165) is 11.3 Å². The first-order valence-corrected chi connectivity index (χ1v) is 10.6. The molecule has 0 unspecified atom stereocenters. The summed E-state index contributed by atoms with van der Waals surface area (Å²) in [5.74, 6) is 2.05. The Balaban J connectivity index is 1.86. The summed E-state index contributed by atoms with van der Waals surface area (Å²) in [5, 5.41) is 5.20. The predicted octanol–water partition coefficient (Wildman–Crippen LogP) is 1.67. The first-order valence-electron chi connectivity index (χ1n) is 8.26. The van der Waals surface area contributed by atoms with Crippen molar-refractivity contribution in [3.63, 3.8) is 0 Å². The van der Waals surface area contributed by atoms with Gasteiger partial charge in [0, 0.05) is 18.0 Å². The van der Waals surface area contributed by atoms with Crippen LogP contribution in [-0.2, 0) is 16.6 Å². The zero-order valence-electron chi connectivity index (χ0n) is 14.8. The molecule has 1 amide bonds. The van der Waals surface area contributed by atoms with Gasteiger partial charge in [-0.1, -0.05) is 17.3 Å². The fourth-order valence-electron chi connectivity index (χ4n) is 2.81. The number of carbonyl (C=O) groups excluding carboxylic acids is 1. The summed E-state index contributed by atoms with van der Waals surface area (Å²) in [6.45, 7) is 0.171. The van der Waals surface area contributed by atoms with Crippen molar-refractivity contribution >= 4 is 48.5 Å². The number of benzene rings is 2. The van der Waals surface area contributed by atoms with Gasteiger partial charge >= 0.3 is 0 Å². The third-order valence-corrected chi connectivity index (χ3v) is 6.10. The molecule has 10 heteroatoms. The summed E-state index contributed by atoms with van der Waals surface area (Å²) in [6, 6.07) is 9.37. The summed E-state index contributed by atoms with van der Waals surface area (Å²) in [5.41, 5.74) is 2.27. The smallest absolute Gasteiger partial charge is 0.279 e. The summed E-state index contributed by atoms with van der Waals surface area (Å²) in [7, 11) is -3.85. The van der Waals surface area contributed by atoms with Crippen LogP contribution in [0.2, 0.25) is 0 Å². The molecule has 0 aliphatic rings. The Morgan fingerprint density at radius 1 is 1.17 bits per heavy atom. The van der Waals surface area contributed by atoms with Crippen molar-refractivity contribution in [2.45, 2.75) is 11.4 Å². The van der Waals surface area contributed by atoms with Crippen molar-refractivity contribution in [2.75, 3.05) is 0 Å². The Labute approximate surface area is 169 Å². The molecule has 29 heavy (non-hydrogen) atoms. The Morgan fingerprint density at radius 2 is 1.93 bits per heavy atom. The number of terminal acetylenes is 1. The molecule has 0 aliphatic heterocycles. The normalized spacial score (nSPS) is 12.3. The Hall–Kier alpha value is -3.39. The van der Waals surface area contributed by atoms with Gasteiger partial charge in [-0.25, -0.2) is 13.6 Å². The SMILES string of the molecule is C#CCn1c(=NC(=O)c2ccc3nccnc3c2)sc2cc(S(N)(=O)=O)ccc21. The lowest BCUT2D eigenvalue weighted by Gasteiger charge is -2.01. The number of amides is 1. The van der Waals surface area contributed by atoms with Crippen LogP contribution in [0.4, 0.5) is 0 Å². The Bertz CT molecular complexity index is 1490. The number of rotatable bonds is 3. The molecule has 0 saturated heterocycles. The first kappa shape index (κ1) is 18.9. The highest BCUT2D eigenvalue weighted by Gasteiger charge is 2.13. The van der Waals surface area contributed by atoms with E-state index in [1.807, 2.05) is 0 Å².